The summed E-state index contributed by atoms with van der Waals surface area (Å²) in [6.07, 6.45) is 1.71. The fraction of sp³-hybridized carbons (Fsp3) is 0.267. The van der Waals surface area contributed by atoms with Gasteiger partial charge in [-0.1, -0.05) is 12.1 Å². The zero-order chi connectivity index (χ0) is 13.5. The first-order chi connectivity index (χ1) is 9.28. The summed E-state index contributed by atoms with van der Waals surface area (Å²) in [6.45, 7) is 3.43. The van der Waals surface area contributed by atoms with Crippen molar-refractivity contribution in [2.24, 2.45) is 5.73 Å². The normalized spacial score (nSPS) is 10.2. The van der Waals surface area contributed by atoms with Crippen LogP contribution in [0.15, 0.2) is 42.6 Å². The fourth-order valence-corrected chi connectivity index (χ4v) is 1.62. The molecule has 0 atom stereocenters. The molecular weight excluding hydrogens is 240 g/mol. The lowest BCUT2D eigenvalue weighted by molar-refractivity contribution is 0.216. The summed E-state index contributed by atoms with van der Waals surface area (Å²) in [5.41, 5.74) is 7.61. The molecule has 0 radical (unpaired) electrons. The Morgan fingerprint density at radius 3 is 2.53 bits per heavy atom. The molecule has 2 rings (SSSR count). The highest BCUT2D eigenvalue weighted by Crippen LogP contribution is 2.13. The Labute approximate surface area is 113 Å². The minimum absolute atomic E-state index is 0.484. The van der Waals surface area contributed by atoms with Gasteiger partial charge in [-0.15, -0.1) is 0 Å². The predicted molar refractivity (Wildman–Crippen MR) is 74.3 cm³/mol. The van der Waals surface area contributed by atoms with Gasteiger partial charge in [0.25, 0.3) is 0 Å². The van der Waals surface area contributed by atoms with Gasteiger partial charge in [0, 0.05) is 12.2 Å². The number of ether oxygens (including phenoxy) is 2. The first-order valence-electron chi connectivity index (χ1n) is 6.25. The van der Waals surface area contributed by atoms with Crippen LogP contribution in [-0.4, -0.2) is 18.2 Å². The number of hydrogen-bond acceptors (Lipinski definition) is 4. The van der Waals surface area contributed by atoms with E-state index in [1.165, 1.54) is 0 Å². The Kier molecular flexibility index (Phi) is 4.75. The van der Waals surface area contributed by atoms with Gasteiger partial charge in [-0.25, -0.2) is 0 Å². The summed E-state index contributed by atoms with van der Waals surface area (Å²) in [5, 5.41) is 0. The predicted octanol–water partition coefficient (Wildman–Crippen LogP) is 2.31. The smallest absolute Gasteiger partial charge is 0.137 e. The number of nitrogens with zero attached hydrogens (tertiary/aromatic N) is 1. The van der Waals surface area contributed by atoms with E-state index in [9.17, 15) is 0 Å². The van der Waals surface area contributed by atoms with Gasteiger partial charge in [0.15, 0.2) is 0 Å². The van der Waals surface area contributed by atoms with E-state index in [4.69, 9.17) is 15.2 Å². The van der Waals surface area contributed by atoms with Crippen LogP contribution in [0.3, 0.4) is 0 Å². The van der Waals surface area contributed by atoms with Gasteiger partial charge in [-0.05, 0) is 36.8 Å². The summed E-state index contributed by atoms with van der Waals surface area (Å²) in [6, 6.07) is 11.6. The molecule has 0 aliphatic carbocycles. The van der Waals surface area contributed by atoms with Crippen molar-refractivity contribution >= 4 is 0 Å². The highest BCUT2D eigenvalue weighted by molar-refractivity contribution is 5.28. The van der Waals surface area contributed by atoms with E-state index < -0.39 is 0 Å². The number of pyridine rings is 1. The van der Waals surface area contributed by atoms with Crippen molar-refractivity contribution in [1.29, 1.82) is 0 Å². The quantitative estimate of drug-likeness (QED) is 0.808. The zero-order valence-electron chi connectivity index (χ0n) is 11.0. The maximum Gasteiger partial charge on any atom is 0.137 e. The second kappa shape index (κ2) is 6.75. The first kappa shape index (κ1) is 13.4. The molecule has 4 heteroatoms. The van der Waals surface area contributed by atoms with E-state index >= 15 is 0 Å². The van der Waals surface area contributed by atoms with Crippen LogP contribution in [-0.2, 0) is 6.54 Å². The average Bonchev–Trinajstić information content (AvgIpc) is 2.46. The van der Waals surface area contributed by atoms with Crippen LogP contribution in [0.1, 0.15) is 11.3 Å². The summed E-state index contributed by atoms with van der Waals surface area (Å²) >= 11 is 0. The topological polar surface area (TPSA) is 57.4 Å². The number of aromatic nitrogens is 1. The van der Waals surface area contributed by atoms with E-state index in [1.807, 2.05) is 43.3 Å². The van der Waals surface area contributed by atoms with Crippen molar-refractivity contribution < 1.29 is 9.47 Å². The van der Waals surface area contributed by atoms with Crippen LogP contribution in [0.25, 0.3) is 0 Å². The molecule has 0 fully saturated rings. The van der Waals surface area contributed by atoms with Crippen molar-refractivity contribution in [3.63, 3.8) is 0 Å². The fourth-order valence-electron chi connectivity index (χ4n) is 1.62. The van der Waals surface area contributed by atoms with Crippen LogP contribution in [0.5, 0.6) is 11.5 Å². The molecular formula is C15H18N2O2. The second-order valence-corrected chi connectivity index (χ2v) is 4.18. The molecule has 0 saturated heterocycles. The van der Waals surface area contributed by atoms with Crippen molar-refractivity contribution in [1.82, 2.24) is 4.98 Å². The number of nitrogens with two attached hydrogens (primary N) is 1. The molecule has 1 heterocycles. The largest absolute Gasteiger partial charge is 0.490 e. The Morgan fingerprint density at radius 1 is 1.05 bits per heavy atom. The summed E-state index contributed by atoms with van der Waals surface area (Å²) in [7, 11) is 0. The van der Waals surface area contributed by atoms with Gasteiger partial charge in [0.2, 0.25) is 0 Å². The molecule has 19 heavy (non-hydrogen) atoms. The van der Waals surface area contributed by atoms with Crippen molar-refractivity contribution in [3.05, 3.63) is 53.9 Å². The Morgan fingerprint density at radius 2 is 1.84 bits per heavy atom. The van der Waals surface area contributed by atoms with E-state index in [-0.39, 0.29) is 0 Å². The monoisotopic (exact) mass is 258 g/mol. The SMILES string of the molecule is Cc1ccc(OCCOc2cccc(CN)c2)cn1. The molecule has 1 aromatic heterocycles. The van der Waals surface area contributed by atoms with E-state index in [0.29, 0.717) is 19.8 Å². The number of aryl methyl sites for hydroxylation is 1. The van der Waals surface area contributed by atoms with Crippen LogP contribution < -0.4 is 15.2 Å². The Bertz CT molecular complexity index is 512. The van der Waals surface area contributed by atoms with Gasteiger partial charge in [-0.3, -0.25) is 4.98 Å². The van der Waals surface area contributed by atoms with Crippen LogP contribution in [0, 0.1) is 6.92 Å². The Balaban J connectivity index is 1.75. The molecule has 0 amide bonds. The minimum Gasteiger partial charge on any atom is -0.490 e. The van der Waals surface area contributed by atoms with Gasteiger partial charge >= 0.3 is 0 Å². The third kappa shape index (κ3) is 4.26. The van der Waals surface area contributed by atoms with Crippen LogP contribution >= 0.6 is 0 Å². The summed E-state index contributed by atoms with van der Waals surface area (Å²) in [5.74, 6) is 1.57. The van der Waals surface area contributed by atoms with Gasteiger partial charge in [0.05, 0.1) is 6.20 Å². The highest BCUT2D eigenvalue weighted by atomic mass is 16.5. The molecule has 0 aliphatic heterocycles. The van der Waals surface area contributed by atoms with E-state index in [1.54, 1.807) is 6.20 Å². The van der Waals surface area contributed by atoms with Crippen molar-refractivity contribution in [2.45, 2.75) is 13.5 Å². The lowest BCUT2D eigenvalue weighted by atomic mass is 10.2. The van der Waals surface area contributed by atoms with Gasteiger partial charge < -0.3 is 15.2 Å². The average molecular weight is 258 g/mol. The number of rotatable bonds is 6. The van der Waals surface area contributed by atoms with E-state index in [2.05, 4.69) is 4.98 Å². The number of benzene rings is 1. The molecule has 4 nitrogen and oxygen atoms in total. The van der Waals surface area contributed by atoms with Gasteiger partial charge in [0.1, 0.15) is 24.7 Å². The van der Waals surface area contributed by atoms with Crippen LogP contribution in [0.4, 0.5) is 0 Å². The minimum atomic E-state index is 0.484. The summed E-state index contributed by atoms with van der Waals surface area (Å²) < 4.78 is 11.1. The third-order valence-corrected chi connectivity index (χ3v) is 2.64. The van der Waals surface area contributed by atoms with Crippen molar-refractivity contribution in [2.75, 3.05) is 13.2 Å². The molecule has 0 unspecified atom stereocenters. The molecule has 2 N–H and O–H groups in total. The Hall–Kier alpha value is -2.07. The molecule has 100 valence electrons. The van der Waals surface area contributed by atoms with Crippen LogP contribution in [0.2, 0.25) is 0 Å². The number of hydrogen-bond donors (Lipinski definition) is 1. The maximum atomic E-state index is 5.59. The molecule has 0 bridgehead atoms. The third-order valence-electron chi connectivity index (χ3n) is 2.64. The lowest BCUT2D eigenvalue weighted by Gasteiger charge is -2.09. The molecule has 1 aromatic carbocycles. The molecule has 0 saturated carbocycles. The maximum absolute atomic E-state index is 5.59. The van der Waals surface area contributed by atoms with Gasteiger partial charge in [-0.2, -0.15) is 0 Å². The molecule has 0 aliphatic rings. The lowest BCUT2D eigenvalue weighted by Crippen LogP contribution is -2.09. The highest BCUT2D eigenvalue weighted by Gasteiger charge is 1.97. The van der Waals surface area contributed by atoms with E-state index in [0.717, 1.165) is 22.8 Å². The zero-order valence-corrected chi connectivity index (χ0v) is 11.0. The molecule has 2 aromatic rings. The summed E-state index contributed by atoms with van der Waals surface area (Å²) in [4.78, 5) is 4.16. The van der Waals surface area contributed by atoms with Crippen molar-refractivity contribution in [3.8, 4) is 11.5 Å². The first-order valence-corrected chi connectivity index (χ1v) is 6.25. The second-order valence-electron chi connectivity index (χ2n) is 4.18. The standard InChI is InChI=1S/C15H18N2O2/c1-12-5-6-15(11-17-12)19-8-7-18-14-4-2-3-13(9-14)10-16/h2-6,9,11H,7-8,10,16H2,1H3. The molecule has 0 spiro atoms.